The molecule has 2 N–H and O–H groups in total. The molecule has 0 heterocycles. The van der Waals surface area contributed by atoms with Crippen LogP contribution in [0.25, 0.3) is 0 Å². The van der Waals surface area contributed by atoms with Gasteiger partial charge in [-0.25, -0.2) is 8.42 Å². The van der Waals surface area contributed by atoms with Gasteiger partial charge in [0.25, 0.3) is 0 Å². The van der Waals surface area contributed by atoms with Crippen molar-refractivity contribution in [3.05, 3.63) is 23.8 Å². The molecule has 0 bridgehead atoms. The highest BCUT2D eigenvalue weighted by Crippen LogP contribution is 2.34. The Bertz CT molecular complexity index is 417. The number of hydrogen-bond donors (Lipinski definition) is 2. The molecule has 0 aliphatic rings. The molecule has 1 aromatic carbocycles. The van der Waals surface area contributed by atoms with E-state index in [1.165, 1.54) is 0 Å². The van der Waals surface area contributed by atoms with Crippen molar-refractivity contribution < 1.29 is 21.6 Å². The Morgan fingerprint density at radius 2 is 1.79 bits per heavy atom. The summed E-state index contributed by atoms with van der Waals surface area (Å²) < 4.78 is 57.5. The Hall–Kier alpha value is -1.24. The summed E-state index contributed by atoms with van der Waals surface area (Å²) >= 11 is 0. The van der Waals surface area contributed by atoms with E-state index in [4.69, 9.17) is 5.73 Å². The van der Waals surface area contributed by atoms with Gasteiger partial charge in [0.15, 0.2) is 10.7 Å². The highest BCUT2D eigenvalue weighted by molar-refractivity contribution is 7.72. The van der Waals surface area contributed by atoms with Crippen LogP contribution < -0.4 is 5.73 Å². The lowest BCUT2D eigenvalue weighted by Gasteiger charge is -2.09. The first-order chi connectivity index (χ1) is 6.32. The predicted molar refractivity (Wildman–Crippen MR) is 44.4 cm³/mol. The second kappa shape index (κ2) is 3.49. The summed E-state index contributed by atoms with van der Waals surface area (Å²) in [6.45, 7) is 0. The molecule has 0 radical (unpaired) electrons. The topological polar surface area (TPSA) is 60.2 Å². The lowest BCUT2D eigenvalue weighted by molar-refractivity contribution is -0.137. The number of nitrogen functional groups attached to an aromatic ring is 1. The standard InChI is InChI=1S/C7H6F3NO2S/c8-7(9,10)5-3-4(14(12)13)1-2-6(5)11/h1-3,14H,11H2. The Labute approximate surface area is 79.3 Å². The van der Waals surface area contributed by atoms with Crippen molar-refractivity contribution >= 4 is 16.4 Å². The minimum Gasteiger partial charge on any atom is -0.398 e. The van der Waals surface area contributed by atoms with Gasteiger partial charge in [-0.3, -0.25) is 0 Å². The molecule has 0 aromatic heterocycles. The molecule has 0 aliphatic carbocycles. The zero-order valence-electron chi connectivity index (χ0n) is 6.71. The summed E-state index contributed by atoms with van der Waals surface area (Å²) in [5.74, 6) is 0. The van der Waals surface area contributed by atoms with Crippen LogP contribution in [0, 0.1) is 0 Å². The largest absolute Gasteiger partial charge is 0.418 e. The SMILES string of the molecule is Nc1ccc([SH](=O)=O)cc1C(F)(F)F. The third-order valence-corrected chi connectivity index (χ3v) is 2.25. The molecule has 78 valence electrons. The smallest absolute Gasteiger partial charge is 0.398 e. The van der Waals surface area contributed by atoms with Crippen LogP contribution in [-0.2, 0) is 16.9 Å². The fraction of sp³-hybridized carbons (Fsp3) is 0.143. The van der Waals surface area contributed by atoms with Gasteiger partial charge >= 0.3 is 6.18 Å². The van der Waals surface area contributed by atoms with E-state index in [-0.39, 0.29) is 0 Å². The summed E-state index contributed by atoms with van der Waals surface area (Å²) in [6, 6.07) is 2.46. The van der Waals surface area contributed by atoms with E-state index in [1.807, 2.05) is 0 Å². The first kappa shape index (κ1) is 10.8. The highest BCUT2D eigenvalue weighted by atomic mass is 32.2. The normalized spacial score (nSPS) is 12.0. The Kier molecular flexibility index (Phi) is 2.70. The van der Waals surface area contributed by atoms with Gasteiger partial charge in [-0.15, -0.1) is 0 Å². The number of rotatable bonds is 1. The highest BCUT2D eigenvalue weighted by Gasteiger charge is 2.33. The molecular weight excluding hydrogens is 219 g/mol. The molecule has 7 heteroatoms. The van der Waals surface area contributed by atoms with Crippen molar-refractivity contribution in [2.24, 2.45) is 0 Å². The van der Waals surface area contributed by atoms with Crippen LogP contribution in [0.15, 0.2) is 23.1 Å². The number of anilines is 1. The van der Waals surface area contributed by atoms with Gasteiger partial charge in [-0.1, -0.05) is 0 Å². The van der Waals surface area contributed by atoms with E-state index in [0.29, 0.717) is 6.07 Å². The summed E-state index contributed by atoms with van der Waals surface area (Å²) in [4.78, 5) is -0.401. The number of nitrogens with two attached hydrogens (primary N) is 1. The van der Waals surface area contributed by atoms with Crippen molar-refractivity contribution in [1.82, 2.24) is 0 Å². The molecule has 0 spiro atoms. The van der Waals surface area contributed by atoms with Gasteiger partial charge < -0.3 is 5.73 Å². The number of hydrogen-bond acceptors (Lipinski definition) is 3. The fourth-order valence-corrected chi connectivity index (χ4v) is 1.33. The average molecular weight is 225 g/mol. The van der Waals surface area contributed by atoms with Gasteiger partial charge in [-0.2, -0.15) is 13.2 Å². The minimum absolute atomic E-state index is 0.401. The monoisotopic (exact) mass is 225 g/mol. The maximum atomic E-state index is 12.2. The number of thiol groups is 1. The molecule has 0 saturated heterocycles. The molecule has 3 nitrogen and oxygen atoms in total. The van der Waals surface area contributed by atoms with Crippen molar-refractivity contribution in [2.75, 3.05) is 5.73 Å². The molecule has 0 atom stereocenters. The summed E-state index contributed by atoms with van der Waals surface area (Å²) in [7, 11) is -3.03. The third kappa shape index (κ3) is 2.16. The molecule has 0 aliphatic heterocycles. The van der Waals surface area contributed by atoms with Gasteiger partial charge in [0.05, 0.1) is 10.5 Å². The lowest BCUT2D eigenvalue weighted by atomic mass is 10.2. The first-order valence-corrected chi connectivity index (χ1v) is 4.61. The molecule has 0 unspecified atom stereocenters. The van der Waals surface area contributed by atoms with Crippen LogP contribution in [0.5, 0.6) is 0 Å². The number of benzene rings is 1. The van der Waals surface area contributed by atoms with E-state index >= 15 is 0 Å². The van der Waals surface area contributed by atoms with Crippen LogP contribution in [0.1, 0.15) is 5.56 Å². The Morgan fingerprint density at radius 3 is 2.21 bits per heavy atom. The van der Waals surface area contributed by atoms with Gasteiger partial charge in [-0.05, 0) is 18.2 Å². The zero-order valence-corrected chi connectivity index (χ0v) is 7.60. The molecule has 1 aromatic rings. The van der Waals surface area contributed by atoms with Crippen LogP contribution in [-0.4, -0.2) is 8.42 Å². The van der Waals surface area contributed by atoms with Crippen LogP contribution in [0.2, 0.25) is 0 Å². The van der Waals surface area contributed by atoms with Crippen LogP contribution >= 0.6 is 0 Å². The maximum Gasteiger partial charge on any atom is 0.418 e. The van der Waals surface area contributed by atoms with Crippen molar-refractivity contribution in [3.63, 3.8) is 0 Å². The molecule has 0 saturated carbocycles. The second-order valence-corrected chi connectivity index (χ2v) is 3.56. The summed E-state index contributed by atoms with van der Waals surface area (Å²) in [5, 5.41) is 0. The van der Waals surface area contributed by atoms with E-state index in [1.54, 1.807) is 0 Å². The predicted octanol–water partition coefficient (Wildman–Crippen LogP) is 1.26. The van der Waals surface area contributed by atoms with Gasteiger partial charge in [0, 0.05) is 5.69 Å². The van der Waals surface area contributed by atoms with E-state index in [9.17, 15) is 21.6 Å². The lowest BCUT2D eigenvalue weighted by Crippen LogP contribution is -2.09. The van der Waals surface area contributed by atoms with Gasteiger partial charge in [0.2, 0.25) is 0 Å². The second-order valence-electron chi connectivity index (χ2n) is 2.53. The molecule has 1 rings (SSSR count). The van der Waals surface area contributed by atoms with Gasteiger partial charge in [0.1, 0.15) is 0 Å². The first-order valence-electron chi connectivity index (χ1n) is 3.43. The average Bonchev–Trinajstić information content (AvgIpc) is 2.02. The van der Waals surface area contributed by atoms with Crippen molar-refractivity contribution in [2.45, 2.75) is 11.1 Å². The van der Waals surface area contributed by atoms with Crippen molar-refractivity contribution in [1.29, 1.82) is 0 Å². The molecular formula is C7H6F3NO2S. The van der Waals surface area contributed by atoms with Crippen LogP contribution in [0.4, 0.5) is 18.9 Å². The Balaban J connectivity index is 3.36. The van der Waals surface area contributed by atoms with Crippen molar-refractivity contribution in [3.8, 4) is 0 Å². The maximum absolute atomic E-state index is 12.2. The molecule has 0 amide bonds. The third-order valence-electron chi connectivity index (χ3n) is 1.55. The number of alkyl halides is 3. The number of halogens is 3. The quantitative estimate of drug-likeness (QED) is 0.558. The fourth-order valence-electron chi connectivity index (χ4n) is 0.903. The summed E-state index contributed by atoms with van der Waals surface area (Å²) in [5.41, 5.74) is 3.44. The van der Waals surface area contributed by atoms with E-state index < -0.39 is 33.0 Å². The minimum atomic E-state index is -4.63. The molecule has 14 heavy (non-hydrogen) atoms. The van der Waals surface area contributed by atoms with E-state index in [2.05, 4.69) is 0 Å². The zero-order chi connectivity index (χ0) is 10.9. The summed E-state index contributed by atoms with van der Waals surface area (Å²) in [6.07, 6.45) is -4.63. The van der Waals surface area contributed by atoms with Crippen LogP contribution in [0.3, 0.4) is 0 Å². The molecule has 0 fully saturated rings. The Morgan fingerprint density at radius 1 is 1.21 bits per heavy atom. The van der Waals surface area contributed by atoms with E-state index in [0.717, 1.165) is 12.1 Å².